The maximum atomic E-state index is 9.42. The molecule has 0 aliphatic heterocycles. The van der Waals surface area contributed by atoms with Gasteiger partial charge in [-0.3, -0.25) is 0 Å². The third-order valence-electron chi connectivity index (χ3n) is 1.81. The van der Waals surface area contributed by atoms with Gasteiger partial charge < -0.3 is 9.52 Å². The molecule has 1 heterocycles. The fraction of sp³-hybridized carbons (Fsp3) is 0.400. The first-order chi connectivity index (χ1) is 5.86. The number of furan rings is 1. The molecule has 0 radical (unpaired) electrons. The van der Waals surface area contributed by atoms with E-state index in [0.717, 1.165) is 0 Å². The minimum atomic E-state index is -0.749. The highest BCUT2D eigenvalue weighted by atomic mass is 16.4. The Bertz CT molecular complexity index is 298. The van der Waals surface area contributed by atoms with Gasteiger partial charge in [-0.2, -0.15) is 0 Å². The average Bonchev–Trinajstić information content (AvgIpc) is 2.74. The minimum Gasteiger partial charge on any atom is -0.466 e. The van der Waals surface area contributed by atoms with Gasteiger partial charge in [0.2, 0.25) is 0 Å². The van der Waals surface area contributed by atoms with E-state index in [4.69, 9.17) is 4.42 Å². The molecule has 2 rings (SSSR count). The summed E-state index contributed by atoms with van der Waals surface area (Å²) < 4.78 is 5.00. The molecule has 1 aromatic heterocycles. The highest BCUT2D eigenvalue weighted by molar-refractivity contribution is 5.18. The Morgan fingerprint density at radius 3 is 3.00 bits per heavy atom. The highest BCUT2D eigenvalue weighted by Crippen LogP contribution is 2.27. The third-order valence-corrected chi connectivity index (χ3v) is 1.81. The van der Waals surface area contributed by atoms with Crippen molar-refractivity contribution in [3.63, 3.8) is 0 Å². The van der Waals surface area contributed by atoms with Crippen LogP contribution < -0.4 is 0 Å². The molecule has 1 aliphatic rings. The summed E-state index contributed by atoms with van der Waals surface area (Å²) >= 11 is 0. The van der Waals surface area contributed by atoms with Gasteiger partial charge in [-0.15, -0.1) is 0 Å². The largest absolute Gasteiger partial charge is 0.466 e. The Kier molecular flexibility index (Phi) is 1.89. The average molecular weight is 162 g/mol. The van der Waals surface area contributed by atoms with Gasteiger partial charge in [0.05, 0.1) is 6.26 Å². The number of aliphatic hydroxyl groups is 1. The summed E-state index contributed by atoms with van der Waals surface area (Å²) in [6.07, 6.45) is 3.15. The lowest BCUT2D eigenvalue weighted by Crippen LogP contribution is -1.90. The van der Waals surface area contributed by atoms with Crippen molar-refractivity contribution in [2.45, 2.75) is 18.9 Å². The van der Waals surface area contributed by atoms with Gasteiger partial charge >= 0.3 is 0 Å². The SMILES string of the molecule is O[C@@H](C#CC1CC1)c1ccco1. The van der Waals surface area contributed by atoms with Crippen LogP contribution in [0.4, 0.5) is 0 Å². The standard InChI is InChI=1S/C10H10O2/c11-9(6-5-8-3-4-8)10-2-1-7-12-10/h1-2,7-9,11H,3-4H2/t9-/m0/s1. The van der Waals surface area contributed by atoms with Gasteiger partial charge in [-0.05, 0) is 25.0 Å². The van der Waals surface area contributed by atoms with Crippen LogP contribution in [0.3, 0.4) is 0 Å². The molecule has 1 saturated carbocycles. The molecule has 1 fully saturated rings. The van der Waals surface area contributed by atoms with E-state index in [1.54, 1.807) is 12.1 Å². The zero-order chi connectivity index (χ0) is 8.39. The minimum absolute atomic E-state index is 0.523. The van der Waals surface area contributed by atoms with Gasteiger partial charge in [0.15, 0.2) is 6.10 Å². The lowest BCUT2D eigenvalue weighted by molar-refractivity contribution is 0.206. The van der Waals surface area contributed by atoms with Crippen LogP contribution in [0.1, 0.15) is 24.7 Å². The van der Waals surface area contributed by atoms with E-state index in [9.17, 15) is 5.11 Å². The van der Waals surface area contributed by atoms with E-state index < -0.39 is 6.10 Å². The molecular weight excluding hydrogens is 152 g/mol. The second kappa shape index (κ2) is 3.04. The van der Waals surface area contributed by atoms with Gasteiger partial charge in [0.25, 0.3) is 0 Å². The van der Waals surface area contributed by atoms with E-state index in [0.29, 0.717) is 11.7 Å². The van der Waals surface area contributed by atoms with Gasteiger partial charge in [0.1, 0.15) is 5.76 Å². The van der Waals surface area contributed by atoms with Crippen molar-refractivity contribution in [3.8, 4) is 11.8 Å². The van der Waals surface area contributed by atoms with E-state index in [-0.39, 0.29) is 0 Å². The fourth-order valence-corrected chi connectivity index (χ4v) is 0.942. The van der Waals surface area contributed by atoms with E-state index in [1.807, 2.05) is 0 Å². The topological polar surface area (TPSA) is 33.4 Å². The number of hydrogen-bond acceptors (Lipinski definition) is 2. The Hall–Kier alpha value is -1.20. The summed E-state index contributed by atoms with van der Waals surface area (Å²) in [7, 11) is 0. The van der Waals surface area contributed by atoms with Crippen molar-refractivity contribution in [2.75, 3.05) is 0 Å². The monoisotopic (exact) mass is 162 g/mol. The van der Waals surface area contributed by atoms with Crippen LogP contribution in [0.15, 0.2) is 22.8 Å². The molecule has 0 amide bonds. The summed E-state index contributed by atoms with van der Waals surface area (Å²) in [5, 5.41) is 9.42. The van der Waals surface area contributed by atoms with Crippen LogP contribution in [0, 0.1) is 17.8 Å². The Morgan fingerprint density at radius 1 is 1.58 bits per heavy atom. The Balaban J connectivity index is 2.01. The molecule has 1 aromatic rings. The van der Waals surface area contributed by atoms with Gasteiger partial charge in [-0.1, -0.05) is 11.8 Å². The van der Waals surface area contributed by atoms with Crippen molar-refractivity contribution in [3.05, 3.63) is 24.2 Å². The molecule has 2 nitrogen and oxygen atoms in total. The normalized spacial score (nSPS) is 18.1. The summed E-state index contributed by atoms with van der Waals surface area (Å²) in [6.45, 7) is 0. The maximum Gasteiger partial charge on any atom is 0.172 e. The quantitative estimate of drug-likeness (QED) is 0.638. The first-order valence-corrected chi connectivity index (χ1v) is 4.09. The zero-order valence-electron chi connectivity index (χ0n) is 6.66. The molecule has 0 aromatic carbocycles. The van der Waals surface area contributed by atoms with Crippen molar-refractivity contribution >= 4 is 0 Å². The van der Waals surface area contributed by atoms with E-state index in [1.165, 1.54) is 19.1 Å². The second-order valence-corrected chi connectivity index (χ2v) is 2.98. The Labute approximate surface area is 71.2 Å². The molecule has 1 N–H and O–H groups in total. The molecule has 62 valence electrons. The van der Waals surface area contributed by atoms with Crippen molar-refractivity contribution < 1.29 is 9.52 Å². The number of rotatable bonds is 1. The third kappa shape index (κ3) is 1.69. The summed E-state index contributed by atoms with van der Waals surface area (Å²) in [5.74, 6) is 6.80. The molecule has 12 heavy (non-hydrogen) atoms. The van der Waals surface area contributed by atoms with Crippen LogP contribution in [-0.2, 0) is 0 Å². The number of hydrogen-bond donors (Lipinski definition) is 1. The molecule has 0 saturated heterocycles. The summed E-state index contributed by atoms with van der Waals surface area (Å²) in [6, 6.07) is 3.48. The van der Waals surface area contributed by atoms with Crippen molar-refractivity contribution in [1.29, 1.82) is 0 Å². The highest BCUT2D eigenvalue weighted by Gasteiger charge is 2.18. The zero-order valence-corrected chi connectivity index (χ0v) is 6.66. The lowest BCUT2D eigenvalue weighted by Gasteiger charge is -1.95. The fourth-order valence-electron chi connectivity index (χ4n) is 0.942. The Morgan fingerprint density at radius 2 is 2.42 bits per heavy atom. The first kappa shape index (κ1) is 7.45. The van der Waals surface area contributed by atoms with Crippen molar-refractivity contribution in [2.24, 2.45) is 5.92 Å². The second-order valence-electron chi connectivity index (χ2n) is 2.98. The van der Waals surface area contributed by atoms with Crippen LogP contribution in [0.2, 0.25) is 0 Å². The van der Waals surface area contributed by atoms with Crippen molar-refractivity contribution in [1.82, 2.24) is 0 Å². The van der Waals surface area contributed by atoms with Crippen LogP contribution >= 0.6 is 0 Å². The lowest BCUT2D eigenvalue weighted by atomic mass is 10.2. The molecule has 2 heteroatoms. The predicted molar refractivity (Wildman–Crippen MR) is 44.2 cm³/mol. The molecule has 0 spiro atoms. The van der Waals surface area contributed by atoms with E-state index in [2.05, 4.69) is 11.8 Å². The van der Waals surface area contributed by atoms with Crippen LogP contribution in [-0.4, -0.2) is 5.11 Å². The maximum absolute atomic E-state index is 9.42. The van der Waals surface area contributed by atoms with Crippen LogP contribution in [0.5, 0.6) is 0 Å². The van der Waals surface area contributed by atoms with E-state index >= 15 is 0 Å². The number of aliphatic hydroxyl groups excluding tert-OH is 1. The molecule has 0 bridgehead atoms. The molecular formula is C10H10O2. The summed E-state index contributed by atoms with van der Waals surface area (Å²) in [5.41, 5.74) is 0. The van der Waals surface area contributed by atoms with Gasteiger partial charge in [-0.25, -0.2) is 0 Å². The molecule has 1 atom stereocenters. The van der Waals surface area contributed by atoms with Crippen LogP contribution in [0.25, 0.3) is 0 Å². The summed E-state index contributed by atoms with van der Waals surface area (Å²) in [4.78, 5) is 0. The smallest absolute Gasteiger partial charge is 0.172 e. The first-order valence-electron chi connectivity index (χ1n) is 4.09. The van der Waals surface area contributed by atoms with Gasteiger partial charge in [0, 0.05) is 5.92 Å². The molecule has 1 aliphatic carbocycles. The predicted octanol–water partition coefficient (Wildman–Crippen LogP) is 1.73. The molecule has 0 unspecified atom stereocenters.